The Labute approximate surface area is 141 Å². The molecular weight excluding hydrogens is 462 g/mol. The SMILES string of the molecule is Cc1cc(Br)c(C(Cl)c2c(F)cccc2Br)cc1Br. The molecule has 2 aromatic rings. The van der Waals surface area contributed by atoms with Crippen molar-refractivity contribution in [2.45, 2.75) is 12.3 Å². The van der Waals surface area contributed by atoms with Crippen molar-refractivity contribution in [2.24, 2.45) is 0 Å². The smallest absolute Gasteiger partial charge is 0.129 e. The van der Waals surface area contributed by atoms with Gasteiger partial charge in [-0.3, -0.25) is 0 Å². The molecule has 1 unspecified atom stereocenters. The average Bonchev–Trinajstić information content (AvgIpc) is 2.33. The number of hydrogen-bond donors (Lipinski definition) is 0. The van der Waals surface area contributed by atoms with E-state index in [2.05, 4.69) is 47.8 Å². The molecule has 0 aliphatic carbocycles. The second kappa shape index (κ2) is 6.25. The number of halogens is 5. The molecule has 0 saturated carbocycles. The molecule has 0 N–H and O–H groups in total. The Morgan fingerprint density at radius 1 is 1.05 bits per heavy atom. The highest BCUT2D eigenvalue weighted by Gasteiger charge is 2.21. The van der Waals surface area contributed by atoms with Crippen molar-refractivity contribution in [2.75, 3.05) is 0 Å². The number of benzene rings is 2. The van der Waals surface area contributed by atoms with E-state index in [0.29, 0.717) is 10.0 Å². The van der Waals surface area contributed by atoms with Crippen LogP contribution < -0.4 is 0 Å². The van der Waals surface area contributed by atoms with Crippen LogP contribution in [0.2, 0.25) is 0 Å². The largest absolute Gasteiger partial charge is 0.207 e. The summed E-state index contributed by atoms with van der Waals surface area (Å²) in [4.78, 5) is 0. The first-order chi connectivity index (χ1) is 8.91. The molecule has 0 bridgehead atoms. The van der Waals surface area contributed by atoms with Crippen molar-refractivity contribution in [1.82, 2.24) is 0 Å². The normalized spacial score (nSPS) is 12.5. The van der Waals surface area contributed by atoms with Crippen LogP contribution in [0.1, 0.15) is 22.1 Å². The Morgan fingerprint density at radius 2 is 1.74 bits per heavy atom. The minimum atomic E-state index is -0.568. The zero-order valence-electron chi connectivity index (χ0n) is 9.85. The lowest BCUT2D eigenvalue weighted by Gasteiger charge is -2.16. The first-order valence-corrected chi connectivity index (χ1v) is 8.27. The molecule has 0 fully saturated rings. The fraction of sp³-hybridized carbons (Fsp3) is 0.143. The van der Waals surface area contributed by atoms with Crippen LogP contribution in [0.5, 0.6) is 0 Å². The number of aryl methyl sites for hydroxylation is 1. The predicted molar refractivity (Wildman–Crippen MR) is 88.4 cm³/mol. The molecular formula is C14H9Br3ClF. The predicted octanol–water partition coefficient (Wildman–Crippen LogP) is 6.75. The second-order valence-electron chi connectivity index (χ2n) is 4.12. The van der Waals surface area contributed by atoms with E-state index >= 15 is 0 Å². The summed E-state index contributed by atoms with van der Waals surface area (Å²) < 4.78 is 16.4. The summed E-state index contributed by atoms with van der Waals surface area (Å²) in [5.41, 5.74) is 2.36. The Hall–Kier alpha value is 0.1000. The highest BCUT2D eigenvalue weighted by atomic mass is 79.9. The van der Waals surface area contributed by atoms with Crippen LogP contribution in [0.4, 0.5) is 4.39 Å². The molecule has 100 valence electrons. The topological polar surface area (TPSA) is 0 Å². The first kappa shape index (κ1) is 15.5. The van der Waals surface area contributed by atoms with Gasteiger partial charge in [0.2, 0.25) is 0 Å². The van der Waals surface area contributed by atoms with Gasteiger partial charge in [-0.1, -0.05) is 53.9 Å². The molecule has 0 aromatic heterocycles. The minimum absolute atomic E-state index is 0.321. The van der Waals surface area contributed by atoms with Crippen LogP contribution in [0.3, 0.4) is 0 Å². The molecule has 0 aliphatic rings. The van der Waals surface area contributed by atoms with Crippen LogP contribution in [-0.4, -0.2) is 0 Å². The lowest BCUT2D eigenvalue weighted by Crippen LogP contribution is -2.00. The van der Waals surface area contributed by atoms with Gasteiger partial charge in [0.1, 0.15) is 5.82 Å². The highest BCUT2D eigenvalue weighted by Crippen LogP contribution is 2.40. The van der Waals surface area contributed by atoms with Crippen LogP contribution in [0.15, 0.2) is 43.7 Å². The van der Waals surface area contributed by atoms with Gasteiger partial charge in [-0.25, -0.2) is 4.39 Å². The van der Waals surface area contributed by atoms with Crippen LogP contribution in [-0.2, 0) is 0 Å². The standard InChI is InChI=1S/C14H9Br3ClF/c1-7-5-11(17)8(6-10(7)16)14(18)13-9(15)3-2-4-12(13)19/h2-6,14H,1H3. The van der Waals surface area contributed by atoms with E-state index in [1.807, 2.05) is 19.1 Å². The zero-order chi connectivity index (χ0) is 14.2. The van der Waals surface area contributed by atoms with Gasteiger partial charge in [-0.05, 0) is 42.3 Å². The van der Waals surface area contributed by atoms with Crippen LogP contribution >= 0.6 is 59.4 Å². The lowest BCUT2D eigenvalue weighted by atomic mass is 10.0. The van der Waals surface area contributed by atoms with Crippen molar-refractivity contribution in [1.29, 1.82) is 0 Å². The summed E-state index contributed by atoms with van der Waals surface area (Å²) in [6.07, 6.45) is 0. The Bertz CT molecular complexity index is 608. The monoisotopic (exact) mass is 468 g/mol. The van der Waals surface area contributed by atoms with E-state index in [-0.39, 0.29) is 5.82 Å². The van der Waals surface area contributed by atoms with Gasteiger partial charge in [0.15, 0.2) is 0 Å². The van der Waals surface area contributed by atoms with Crippen molar-refractivity contribution in [3.05, 3.63) is 66.3 Å². The van der Waals surface area contributed by atoms with Crippen LogP contribution in [0.25, 0.3) is 0 Å². The molecule has 19 heavy (non-hydrogen) atoms. The summed E-state index contributed by atoms with van der Waals surface area (Å²) in [6, 6.07) is 8.71. The molecule has 0 saturated heterocycles. The number of hydrogen-bond acceptors (Lipinski definition) is 0. The van der Waals surface area contributed by atoms with Gasteiger partial charge in [-0.2, -0.15) is 0 Å². The third kappa shape index (κ3) is 3.23. The van der Waals surface area contributed by atoms with Gasteiger partial charge < -0.3 is 0 Å². The molecule has 2 rings (SSSR count). The summed E-state index contributed by atoms with van der Waals surface area (Å²) in [5.74, 6) is -0.321. The molecule has 2 aromatic carbocycles. The van der Waals surface area contributed by atoms with Gasteiger partial charge in [0.25, 0.3) is 0 Å². The average molecular weight is 471 g/mol. The van der Waals surface area contributed by atoms with Crippen molar-refractivity contribution in [3.63, 3.8) is 0 Å². The summed E-state index contributed by atoms with van der Waals surface area (Å²) >= 11 is 16.8. The third-order valence-electron chi connectivity index (χ3n) is 2.80. The van der Waals surface area contributed by atoms with E-state index in [1.54, 1.807) is 12.1 Å². The maximum absolute atomic E-state index is 14.0. The molecule has 1 atom stereocenters. The Kier molecular flexibility index (Phi) is 5.09. The Balaban J connectivity index is 2.56. The molecule has 0 radical (unpaired) electrons. The van der Waals surface area contributed by atoms with Crippen molar-refractivity contribution in [3.8, 4) is 0 Å². The van der Waals surface area contributed by atoms with Crippen molar-refractivity contribution < 1.29 is 4.39 Å². The maximum Gasteiger partial charge on any atom is 0.129 e. The molecule has 0 spiro atoms. The number of alkyl halides is 1. The van der Waals surface area contributed by atoms with E-state index in [0.717, 1.165) is 20.1 Å². The van der Waals surface area contributed by atoms with Crippen LogP contribution in [0, 0.1) is 12.7 Å². The van der Waals surface area contributed by atoms with Gasteiger partial charge in [0.05, 0.1) is 5.38 Å². The molecule has 0 amide bonds. The first-order valence-electron chi connectivity index (χ1n) is 5.45. The van der Waals surface area contributed by atoms with Gasteiger partial charge in [0, 0.05) is 19.0 Å². The number of rotatable bonds is 2. The quantitative estimate of drug-likeness (QED) is 0.425. The summed E-state index contributed by atoms with van der Waals surface area (Å²) in [6.45, 7) is 1.99. The van der Waals surface area contributed by atoms with E-state index < -0.39 is 5.38 Å². The minimum Gasteiger partial charge on any atom is -0.207 e. The second-order valence-corrected chi connectivity index (χ2v) is 7.12. The summed E-state index contributed by atoms with van der Waals surface area (Å²) in [7, 11) is 0. The van der Waals surface area contributed by atoms with E-state index in [1.165, 1.54) is 6.07 Å². The fourth-order valence-corrected chi connectivity index (χ4v) is 4.05. The third-order valence-corrected chi connectivity index (χ3v) is 5.49. The molecule has 0 heterocycles. The molecule has 0 nitrogen and oxygen atoms in total. The highest BCUT2D eigenvalue weighted by molar-refractivity contribution is 9.11. The van der Waals surface area contributed by atoms with E-state index in [9.17, 15) is 4.39 Å². The maximum atomic E-state index is 14.0. The van der Waals surface area contributed by atoms with Gasteiger partial charge in [-0.15, -0.1) is 11.6 Å². The fourth-order valence-electron chi connectivity index (χ4n) is 1.76. The van der Waals surface area contributed by atoms with E-state index in [4.69, 9.17) is 11.6 Å². The molecule has 5 heteroatoms. The summed E-state index contributed by atoms with van der Waals surface area (Å²) in [5, 5.41) is -0.568. The zero-order valence-corrected chi connectivity index (χ0v) is 15.4. The molecule has 0 aliphatic heterocycles. The lowest BCUT2D eigenvalue weighted by molar-refractivity contribution is 0.611. The van der Waals surface area contributed by atoms with Gasteiger partial charge >= 0.3 is 0 Å². The van der Waals surface area contributed by atoms with Crippen molar-refractivity contribution >= 4 is 59.4 Å². The Morgan fingerprint density at radius 3 is 2.37 bits per heavy atom.